The van der Waals surface area contributed by atoms with Gasteiger partial charge in [-0.2, -0.15) is 10.1 Å². The largest absolute Gasteiger partial charge is 0.390 e. The van der Waals surface area contributed by atoms with E-state index in [-0.39, 0.29) is 22.8 Å². The van der Waals surface area contributed by atoms with Gasteiger partial charge in [0.15, 0.2) is 23.6 Å². The highest BCUT2D eigenvalue weighted by Gasteiger charge is 2.22. The minimum absolute atomic E-state index is 0.00895. The smallest absolute Gasteiger partial charge is 0.240 e. The first-order valence-corrected chi connectivity index (χ1v) is 11.4. The maximum atomic E-state index is 14.6. The van der Waals surface area contributed by atoms with Crippen LogP contribution in [0.25, 0.3) is 22.4 Å². The molecular formula is C23H32FN9O2. The lowest BCUT2D eigenvalue weighted by atomic mass is 9.87. The zero-order valence-electron chi connectivity index (χ0n) is 20.4. The van der Waals surface area contributed by atoms with Crippen molar-refractivity contribution in [3.8, 4) is 11.3 Å². The molecule has 188 valence electrons. The molecule has 4 heterocycles. The predicted octanol–water partition coefficient (Wildman–Crippen LogP) is 2.55. The van der Waals surface area contributed by atoms with Crippen molar-refractivity contribution in [1.29, 1.82) is 0 Å². The van der Waals surface area contributed by atoms with Crippen molar-refractivity contribution in [2.75, 3.05) is 32.2 Å². The number of hydrogen-bond acceptors (Lipinski definition) is 9. The number of aliphatic hydroxyl groups is 1. The number of carbonyl (C=O) groups excluding carboxylic acids is 1. The number of halogens is 1. The van der Waals surface area contributed by atoms with Gasteiger partial charge in [0.1, 0.15) is 11.2 Å². The number of rotatable bonds is 3. The van der Waals surface area contributed by atoms with E-state index in [9.17, 15) is 14.3 Å². The van der Waals surface area contributed by atoms with Gasteiger partial charge in [-0.25, -0.2) is 18.4 Å². The number of carbonyl (C=O) groups is 1. The maximum Gasteiger partial charge on any atom is 0.240 e. The fraction of sp³-hybridized carbons (Fsp3) is 0.435. The summed E-state index contributed by atoms with van der Waals surface area (Å²) < 4.78 is 17.2. The van der Waals surface area contributed by atoms with Crippen LogP contribution >= 0.6 is 0 Å². The van der Waals surface area contributed by atoms with Crippen molar-refractivity contribution >= 4 is 29.2 Å². The Hall–Kier alpha value is -3.64. The molecule has 0 aliphatic heterocycles. The number of nitrogens with one attached hydrogen (secondary N) is 2. The number of nitrogen functional groups attached to an aromatic ring is 1. The van der Waals surface area contributed by atoms with Crippen molar-refractivity contribution < 1.29 is 14.3 Å². The van der Waals surface area contributed by atoms with Gasteiger partial charge in [-0.1, -0.05) is 19.3 Å². The van der Waals surface area contributed by atoms with Crippen LogP contribution in [0.2, 0.25) is 0 Å². The SMILES string of the molecule is CC1(O)CCCCC1.CNC.CNc1nc(N)nn2cc(F)c(-c3ccc4ncc(C=O)n4n3)c12. The van der Waals surface area contributed by atoms with Crippen molar-refractivity contribution in [1.82, 2.24) is 34.5 Å². The van der Waals surface area contributed by atoms with Crippen LogP contribution in [0, 0.1) is 5.82 Å². The lowest BCUT2D eigenvalue weighted by Crippen LogP contribution is -2.26. The summed E-state index contributed by atoms with van der Waals surface area (Å²) in [6, 6.07) is 3.26. The fourth-order valence-corrected chi connectivity index (χ4v) is 3.91. The van der Waals surface area contributed by atoms with Crippen LogP contribution in [0.1, 0.15) is 49.5 Å². The summed E-state index contributed by atoms with van der Waals surface area (Å²) in [5, 5.41) is 23.3. The first kappa shape index (κ1) is 26.0. The van der Waals surface area contributed by atoms with Crippen LogP contribution in [0.5, 0.6) is 0 Å². The van der Waals surface area contributed by atoms with Gasteiger partial charge in [-0.3, -0.25) is 4.79 Å². The van der Waals surface area contributed by atoms with Gasteiger partial charge in [-0.05, 0) is 46.0 Å². The van der Waals surface area contributed by atoms with Crippen LogP contribution in [0.15, 0.2) is 24.5 Å². The Bertz CT molecular complexity index is 1290. The number of nitrogens with zero attached hydrogens (tertiary/aromatic N) is 6. The summed E-state index contributed by atoms with van der Waals surface area (Å²) in [5.41, 5.74) is 6.96. The Morgan fingerprint density at radius 1 is 1.17 bits per heavy atom. The first-order chi connectivity index (χ1) is 16.7. The van der Waals surface area contributed by atoms with E-state index in [0.717, 1.165) is 12.8 Å². The molecule has 1 saturated carbocycles. The van der Waals surface area contributed by atoms with E-state index in [2.05, 4.69) is 30.8 Å². The Labute approximate surface area is 202 Å². The van der Waals surface area contributed by atoms with E-state index in [1.54, 1.807) is 19.2 Å². The number of imidazole rings is 1. The zero-order chi connectivity index (χ0) is 25.6. The van der Waals surface area contributed by atoms with E-state index < -0.39 is 5.82 Å². The summed E-state index contributed by atoms with van der Waals surface area (Å²) >= 11 is 0. The first-order valence-electron chi connectivity index (χ1n) is 11.4. The van der Waals surface area contributed by atoms with E-state index in [0.29, 0.717) is 29.0 Å². The van der Waals surface area contributed by atoms with E-state index >= 15 is 0 Å². The molecule has 11 nitrogen and oxygen atoms in total. The minimum Gasteiger partial charge on any atom is -0.390 e. The Balaban J connectivity index is 0.000000260. The molecule has 0 amide bonds. The average Bonchev–Trinajstić information content (AvgIpc) is 3.38. The van der Waals surface area contributed by atoms with Gasteiger partial charge in [0, 0.05) is 7.05 Å². The summed E-state index contributed by atoms with van der Waals surface area (Å²) in [7, 11) is 5.40. The molecular weight excluding hydrogens is 453 g/mol. The summed E-state index contributed by atoms with van der Waals surface area (Å²) in [6.45, 7) is 1.94. The maximum absolute atomic E-state index is 14.6. The molecule has 0 spiro atoms. The third-order valence-corrected chi connectivity index (χ3v) is 5.53. The number of hydrogen-bond donors (Lipinski definition) is 4. The lowest BCUT2D eigenvalue weighted by Gasteiger charge is -2.27. The fourth-order valence-electron chi connectivity index (χ4n) is 3.91. The molecule has 1 fully saturated rings. The molecule has 1 aliphatic carbocycles. The topological polar surface area (TPSA) is 148 Å². The Kier molecular flexibility index (Phi) is 8.30. The van der Waals surface area contributed by atoms with E-state index in [4.69, 9.17) is 5.73 Å². The number of anilines is 2. The molecule has 4 aromatic rings. The second-order valence-corrected chi connectivity index (χ2v) is 8.56. The quantitative estimate of drug-likeness (QED) is 0.321. The highest BCUT2D eigenvalue weighted by molar-refractivity contribution is 5.88. The zero-order valence-corrected chi connectivity index (χ0v) is 20.4. The molecule has 4 aromatic heterocycles. The molecule has 1 aliphatic rings. The van der Waals surface area contributed by atoms with Crippen LogP contribution in [-0.2, 0) is 0 Å². The van der Waals surface area contributed by atoms with E-state index in [1.165, 1.54) is 40.7 Å². The normalized spacial score (nSPS) is 14.6. The van der Waals surface area contributed by atoms with Gasteiger partial charge in [-0.15, -0.1) is 5.10 Å². The molecule has 0 aromatic carbocycles. The third kappa shape index (κ3) is 5.89. The Morgan fingerprint density at radius 2 is 1.86 bits per heavy atom. The second kappa shape index (κ2) is 11.2. The highest BCUT2D eigenvalue weighted by Crippen LogP contribution is 2.31. The van der Waals surface area contributed by atoms with Gasteiger partial charge in [0.25, 0.3) is 0 Å². The summed E-state index contributed by atoms with van der Waals surface area (Å²) in [5.74, 6) is -0.162. The van der Waals surface area contributed by atoms with Crippen LogP contribution in [0.4, 0.5) is 16.2 Å². The highest BCUT2D eigenvalue weighted by atomic mass is 19.1. The molecule has 0 radical (unpaired) electrons. The van der Waals surface area contributed by atoms with Gasteiger partial charge in [0.2, 0.25) is 5.95 Å². The molecule has 5 N–H and O–H groups in total. The summed E-state index contributed by atoms with van der Waals surface area (Å²) in [6.07, 6.45) is 8.99. The third-order valence-electron chi connectivity index (χ3n) is 5.53. The number of aromatic nitrogens is 6. The lowest BCUT2D eigenvalue weighted by molar-refractivity contribution is 0.0225. The van der Waals surface area contributed by atoms with Gasteiger partial charge < -0.3 is 21.5 Å². The minimum atomic E-state index is -0.536. The molecule has 0 unspecified atom stereocenters. The van der Waals surface area contributed by atoms with Crippen molar-refractivity contribution in [3.05, 3.63) is 36.0 Å². The van der Waals surface area contributed by atoms with Crippen LogP contribution in [-0.4, -0.2) is 67.3 Å². The average molecular weight is 486 g/mol. The van der Waals surface area contributed by atoms with E-state index in [1.807, 2.05) is 21.0 Å². The van der Waals surface area contributed by atoms with Crippen molar-refractivity contribution in [3.63, 3.8) is 0 Å². The molecule has 5 rings (SSSR count). The van der Waals surface area contributed by atoms with Gasteiger partial charge in [0.05, 0.1) is 29.3 Å². The van der Waals surface area contributed by atoms with Crippen LogP contribution in [0.3, 0.4) is 0 Å². The molecule has 35 heavy (non-hydrogen) atoms. The molecule has 0 atom stereocenters. The van der Waals surface area contributed by atoms with Gasteiger partial charge >= 0.3 is 0 Å². The number of aldehydes is 1. The van der Waals surface area contributed by atoms with Crippen LogP contribution < -0.4 is 16.4 Å². The molecule has 0 bridgehead atoms. The predicted molar refractivity (Wildman–Crippen MR) is 133 cm³/mol. The standard InChI is InChI=1S/C14H11FN8O.C7H14O.C2H7N/c1-17-13-12-11(8(15)5-22(12)21-14(16)19-13)9-2-3-10-18-4-7(6-24)23(10)20-9;1-7(8)5-3-2-4-6-7;1-3-2/h2-6H,1H3,(H3,16,17,19,21);8H,2-6H2,1H3;3H,1-2H3. The second-order valence-electron chi connectivity index (χ2n) is 8.56. The monoisotopic (exact) mass is 485 g/mol. The molecule has 12 heteroatoms. The number of nitrogens with two attached hydrogens (primary N) is 1. The molecule has 0 saturated heterocycles. The van der Waals surface area contributed by atoms with Crippen molar-refractivity contribution in [2.24, 2.45) is 0 Å². The van der Waals surface area contributed by atoms with Crippen molar-refractivity contribution in [2.45, 2.75) is 44.6 Å². The Morgan fingerprint density at radius 3 is 2.43 bits per heavy atom. The summed E-state index contributed by atoms with van der Waals surface area (Å²) in [4.78, 5) is 19.2. The number of fused-ring (bicyclic) bond motifs is 2.